The Labute approximate surface area is 136 Å². The van der Waals surface area contributed by atoms with Crippen molar-refractivity contribution in [1.29, 1.82) is 0 Å². The van der Waals surface area contributed by atoms with Gasteiger partial charge in [-0.2, -0.15) is 0 Å². The van der Waals surface area contributed by atoms with Gasteiger partial charge in [-0.25, -0.2) is 4.79 Å². The van der Waals surface area contributed by atoms with Gasteiger partial charge in [-0.15, -0.1) is 11.8 Å². The number of hydrogen-bond acceptors (Lipinski definition) is 4. The van der Waals surface area contributed by atoms with Gasteiger partial charge < -0.3 is 14.6 Å². The van der Waals surface area contributed by atoms with Crippen molar-refractivity contribution >= 4 is 33.7 Å². The SMILES string of the molecule is O=C(O)c1ccc(Br)cc1SC1CCOC2(CCOC2)C1. The average Bonchev–Trinajstić information content (AvgIpc) is 2.86. The van der Waals surface area contributed by atoms with E-state index in [1.165, 1.54) is 0 Å². The second kappa shape index (κ2) is 6.28. The minimum atomic E-state index is -0.879. The number of aromatic carboxylic acids is 1. The van der Waals surface area contributed by atoms with E-state index in [2.05, 4.69) is 15.9 Å². The van der Waals surface area contributed by atoms with E-state index in [1.54, 1.807) is 23.9 Å². The number of hydrogen-bond donors (Lipinski definition) is 1. The molecule has 0 bridgehead atoms. The van der Waals surface area contributed by atoms with Gasteiger partial charge in [0, 0.05) is 34.3 Å². The second-order valence-electron chi connectivity index (χ2n) is 5.51. The molecule has 114 valence electrons. The molecule has 1 aromatic rings. The third-order valence-electron chi connectivity index (χ3n) is 3.98. The molecule has 0 aliphatic carbocycles. The predicted octanol–water partition coefficient (Wildman–Crippen LogP) is 3.58. The molecule has 2 aliphatic heterocycles. The molecule has 2 atom stereocenters. The molecule has 0 aromatic heterocycles. The van der Waals surface area contributed by atoms with E-state index in [0.717, 1.165) is 41.8 Å². The van der Waals surface area contributed by atoms with E-state index in [9.17, 15) is 9.90 Å². The van der Waals surface area contributed by atoms with E-state index in [-0.39, 0.29) is 5.60 Å². The Bertz CT molecular complexity index is 542. The summed E-state index contributed by atoms with van der Waals surface area (Å²) < 4.78 is 12.3. The smallest absolute Gasteiger partial charge is 0.336 e. The van der Waals surface area contributed by atoms with Gasteiger partial charge >= 0.3 is 5.97 Å². The van der Waals surface area contributed by atoms with E-state index in [4.69, 9.17) is 9.47 Å². The third-order valence-corrected chi connectivity index (χ3v) is 5.80. The van der Waals surface area contributed by atoms with Crippen molar-refractivity contribution in [3.63, 3.8) is 0 Å². The molecule has 1 N–H and O–H groups in total. The van der Waals surface area contributed by atoms with Crippen molar-refractivity contribution in [3.05, 3.63) is 28.2 Å². The van der Waals surface area contributed by atoms with Gasteiger partial charge in [-0.3, -0.25) is 0 Å². The number of halogens is 1. The molecule has 2 fully saturated rings. The topological polar surface area (TPSA) is 55.8 Å². The Morgan fingerprint density at radius 1 is 1.43 bits per heavy atom. The lowest BCUT2D eigenvalue weighted by Gasteiger charge is -2.36. The lowest BCUT2D eigenvalue weighted by Crippen LogP contribution is -2.41. The quantitative estimate of drug-likeness (QED) is 0.878. The summed E-state index contributed by atoms with van der Waals surface area (Å²) in [5, 5.41) is 9.69. The molecule has 2 aliphatic rings. The van der Waals surface area contributed by atoms with Crippen LogP contribution in [-0.2, 0) is 9.47 Å². The van der Waals surface area contributed by atoms with Gasteiger partial charge in [-0.05, 0) is 31.0 Å². The first kappa shape index (κ1) is 15.3. The van der Waals surface area contributed by atoms with Gasteiger partial charge in [0.15, 0.2) is 0 Å². The molecule has 0 amide bonds. The maximum absolute atomic E-state index is 11.4. The number of carboxylic acid groups (broad SMARTS) is 1. The maximum atomic E-state index is 11.4. The minimum absolute atomic E-state index is 0.148. The first-order valence-electron chi connectivity index (χ1n) is 6.99. The number of carbonyl (C=O) groups is 1. The number of benzene rings is 1. The van der Waals surface area contributed by atoms with Gasteiger partial charge in [0.1, 0.15) is 0 Å². The van der Waals surface area contributed by atoms with Crippen LogP contribution >= 0.6 is 27.7 Å². The average molecular weight is 373 g/mol. The number of carboxylic acids is 1. The van der Waals surface area contributed by atoms with Crippen LogP contribution in [0.1, 0.15) is 29.6 Å². The monoisotopic (exact) mass is 372 g/mol. The zero-order valence-corrected chi connectivity index (χ0v) is 13.9. The van der Waals surface area contributed by atoms with E-state index < -0.39 is 5.97 Å². The molecule has 0 saturated carbocycles. The van der Waals surface area contributed by atoms with Crippen LogP contribution in [0.4, 0.5) is 0 Å². The Morgan fingerprint density at radius 2 is 2.29 bits per heavy atom. The zero-order valence-electron chi connectivity index (χ0n) is 11.5. The molecule has 21 heavy (non-hydrogen) atoms. The van der Waals surface area contributed by atoms with E-state index in [0.29, 0.717) is 17.4 Å². The van der Waals surface area contributed by atoms with Crippen LogP contribution in [-0.4, -0.2) is 41.7 Å². The van der Waals surface area contributed by atoms with Crippen molar-refractivity contribution in [3.8, 4) is 0 Å². The van der Waals surface area contributed by atoms with Crippen molar-refractivity contribution in [2.75, 3.05) is 19.8 Å². The minimum Gasteiger partial charge on any atom is -0.478 e. The van der Waals surface area contributed by atoms with Crippen LogP contribution in [0.25, 0.3) is 0 Å². The van der Waals surface area contributed by atoms with Gasteiger partial charge in [0.05, 0.1) is 17.8 Å². The van der Waals surface area contributed by atoms with Crippen LogP contribution in [0.15, 0.2) is 27.6 Å². The summed E-state index contributed by atoms with van der Waals surface area (Å²) >= 11 is 5.07. The Morgan fingerprint density at radius 3 is 3.00 bits per heavy atom. The molecule has 3 rings (SSSR count). The lowest BCUT2D eigenvalue weighted by atomic mass is 9.93. The first-order valence-corrected chi connectivity index (χ1v) is 8.66. The predicted molar refractivity (Wildman–Crippen MR) is 84.1 cm³/mol. The zero-order chi connectivity index (χ0) is 14.9. The van der Waals surface area contributed by atoms with E-state index in [1.807, 2.05) is 6.07 Å². The fourth-order valence-corrected chi connectivity index (χ4v) is 4.85. The van der Waals surface area contributed by atoms with Crippen LogP contribution < -0.4 is 0 Å². The molecule has 2 heterocycles. The molecule has 6 heteroatoms. The normalized spacial score (nSPS) is 28.9. The summed E-state index contributed by atoms with van der Waals surface area (Å²) in [6, 6.07) is 5.31. The summed E-state index contributed by atoms with van der Waals surface area (Å²) in [4.78, 5) is 12.2. The Kier molecular flexibility index (Phi) is 4.59. The standard InChI is InChI=1S/C15H17BrO4S/c16-10-1-2-12(14(17)18)13(7-10)21-11-3-5-20-15(8-11)4-6-19-9-15/h1-2,7,11H,3-6,8-9H2,(H,17,18). The lowest BCUT2D eigenvalue weighted by molar-refractivity contribution is -0.0769. The summed E-state index contributed by atoms with van der Waals surface area (Å²) in [6.07, 6.45) is 2.80. The molecule has 4 nitrogen and oxygen atoms in total. The fourth-order valence-electron chi connectivity index (χ4n) is 2.90. The number of thioether (sulfide) groups is 1. The van der Waals surface area contributed by atoms with Crippen molar-refractivity contribution < 1.29 is 19.4 Å². The summed E-state index contributed by atoms with van der Waals surface area (Å²) in [7, 11) is 0. The van der Waals surface area contributed by atoms with Gasteiger partial charge in [0.2, 0.25) is 0 Å². The second-order valence-corrected chi connectivity index (χ2v) is 7.77. The van der Waals surface area contributed by atoms with Crippen LogP contribution in [0.3, 0.4) is 0 Å². The summed E-state index contributed by atoms with van der Waals surface area (Å²) in [5.41, 5.74) is 0.220. The highest BCUT2D eigenvalue weighted by atomic mass is 79.9. The maximum Gasteiger partial charge on any atom is 0.336 e. The summed E-state index contributed by atoms with van der Waals surface area (Å²) in [6.45, 7) is 2.14. The molecule has 2 saturated heterocycles. The van der Waals surface area contributed by atoms with Crippen LogP contribution in [0, 0.1) is 0 Å². The van der Waals surface area contributed by atoms with Crippen molar-refractivity contribution in [2.45, 2.75) is 35.0 Å². The van der Waals surface area contributed by atoms with Gasteiger partial charge in [0.25, 0.3) is 0 Å². The molecule has 0 radical (unpaired) electrons. The number of rotatable bonds is 3. The van der Waals surface area contributed by atoms with Crippen LogP contribution in [0.2, 0.25) is 0 Å². The molecule has 1 spiro atoms. The highest BCUT2D eigenvalue weighted by molar-refractivity contribution is 9.10. The fraction of sp³-hybridized carbons (Fsp3) is 0.533. The van der Waals surface area contributed by atoms with Crippen molar-refractivity contribution in [1.82, 2.24) is 0 Å². The number of ether oxygens (including phenoxy) is 2. The van der Waals surface area contributed by atoms with E-state index >= 15 is 0 Å². The Balaban J connectivity index is 1.77. The molecular formula is C15H17BrO4S. The largest absolute Gasteiger partial charge is 0.478 e. The molecule has 2 unspecified atom stereocenters. The van der Waals surface area contributed by atoms with Crippen LogP contribution in [0.5, 0.6) is 0 Å². The Hall–Kier alpha value is -0.560. The molecular weight excluding hydrogens is 356 g/mol. The van der Waals surface area contributed by atoms with Gasteiger partial charge in [-0.1, -0.05) is 15.9 Å². The van der Waals surface area contributed by atoms with Crippen molar-refractivity contribution in [2.24, 2.45) is 0 Å². The first-order chi connectivity index (χ1) is 10.1. The highest BCUT2D eigenvalue weighted by Crippen LogP contribution is 2.41. The third kappa shape index (κ3) is 3.44. The molecule has 1 aromatic carbocycles. The highest BCUT2D eigenvalue weighted by Gasteiger charge is 2.41. The summed E-state index contributed by atoms with van der Waals surface area (Å²) in [5.74, 6) is -0.879.